The highest BCUT2D eigenvalue weighted by atomic mass is 35.5. The van der Waals surface area contributed by atoms with E-state index in [0.29, 0.717) is 43.7 Å². The van der Waals surface area contributed by atoms with Gasteiger partial charge < -0.3 is 10.5 Å². The predicted octanol–water partition coefficient (Wildman–Crippen LogP) is 3.89. The fourth-order valence-corrected chi connectivity index (χ4v) is 3.18. The molecule has 1 heterocycles. The van der Waals surface area contributed by atoms with Crippen LogP contribution >= 0.6 is 34.5 Å². The van der Waals surface area contributed by atoms with Gasteiger partial charge in [-0.25, -0.2) is 10.4 Å². The van der Waals surface area contributed by atoms with Gasteiger partial charge in [-0.3, -0.25) is 4.79 Å². The summed E-state index contributed by atoms with van der Waals surface area (Å²) in [5.74, 6) is 0.0650. The zero-order chi connectivity index (χ0) is 17.7. The number of aryl methyl sites for hydroxylation is 1. The van der Waals surface area contributed by atoms with Gasteiger partial charge in [0, 0.05) is 0 Å². The van der Waals surface area contributed by atoms with Gasteiger partial charge in [0.05, 0.1) is 28.6 Å². The number of nitrogen functional groups attached to an aromatic ring is 1. The molecule has 24 heavy (non-hydrogen) atoms. The second-order valence-electron chi connectivity index (χ2n) is 4.83. The summed E-state index contributed by atoms with van der Waals surface area (Å²) in [6.45, 7) is 4.23. The normalized spacial score (nSPS) is 11.0. The number of hydrogen-bond acceptors (Lipinski definition) is 6. The van der Waals surface area contributed by atoms with Gasteiger partial charge in [0.15, 0.2) is 10.9 Å². The first-order chi connectivity index (χ1) is 11.4. The number of amides is 1. The summed E-state index contributed by atoms with van der Waals surface area (Å²) in [5, 5.41) is 5.00. The van der Waals surface area contributed by atoms with E-state index in [2.05, 4.69) is 15.5 Å². The molecule has 0 saturated heterocycles. The number of aromatic nitrogens is 1. The SMILES string of the molecule is CCCOc1c(Cl)cc(/C=N\NC(=O)c2sc(N)nc2C)cc1Cl. The van der Waals surface area contributed by atoms with Crippen molar-refractivity contribution in [2.24, 2.45) is 5.10 Å². The topological polar surface area (TPSA) is 89.6 Å². The third-order valence-electron chi connectivity index (χ3n) is 2.87. The molecule has 3 N–H and O–H groups in total. The Morgan fingerprint density at radius 3 is 2.67 bits per heavy atom. The zero-order valence-corrected chi connectivity index (χ0v) is 15.4. The number of hydrogen-bond donors (Lipinski definition) is 2. The Kier molecular flexibility index (Phi) is 6.42. The second kappa shape index (κ2) is 8.32. The highest BCUT2D eigenvalue weighted by Crippen LogP contribution is 2.33. The zero-order valence-electron chi connectivity index (χ0n) is 13.1. The Balaban J connectivity index is 2.06. The molecule has 0 atom stereocenters. The van der Waals surface area contributed by atoms with Crippen LogP contribution in [0.15, 0.2) is 17.2 Å². The van der Waals surface area contributed by atoms with E-state index in [9.17, 15) is 4.79 Å². The summed E-state index contributed by atoms with van der Waals surface area (Å²) in [6.07, 6.45) is 2.29. The van der Waals surface area contributed by atoms with Gasteiger partial charge in [0.25, 0.3) is 5.91 Å². The average Bonchev–Trinajstić information content (AvgIpc) is 2.85. The van der Waals surface area contributed by atoms with Gasteiger partial charge in [0.1, 0.15) is 4.88 Å². The maximum Gasteiger partial charge on any atom is 0.283 e. The van der Waals surface area contributed by atoms with Crippen molar-refractivity contribution in [3.05, 3.63) is 38.3 Å². The highest BCUT2D eigenvalue weighted by Gasteiger charge is 2.13. The molecular formula is C15H16Cl2N4O2S. The van der Waals surface area contributed by atoms with E-state index in [1.807, 2.05) is 6.92 Å². The number of anilines is 1. The van der Waals surface area contributed by atoms with Crippen LogP contribution in [0.5, 0.6) is 5.75 Å². The van der Waals surface area contributed by atoms with Crippen LogP contribution in [0.2, 0.25) is 10.0 Å². The number of carbonyl (C=O) groups excluding carboxylic acids is 1. The number of nitrogens with two attached hydrogens (primary N) is 1. The minimum Gasteiger partial charge on any atom is -0.490 e. The van der Waals surface area contributed by atoms with Crippen LogP contribution in [0.25, 0.3) is 0 Å². The number of rotatable bonds is 6. The van der Waals surface area contributed by atoms with Crippen molar-refractivity contribution in [1.82, 2.24) is 10.4 Å². The number of ether oxygens (including phenoxy) is 1. The van der Waals surface area contributed by atoms with E-state index in [1.54, 1.807) is 19.1 Å². The first-order valence-corrected chi connectivity index (χ1v) is 8.67. The van der Waals surface area contributed by atoms with Crippen LogP contribution in [0.3, 0.4) is 0 Å². The third-order valence-corrected chi connectivity index (χ3v) is 4.42. The minimum atomic E-state index is -0.377. The Hall–Kier alpha value is -1.83. The quantitative estimate of drug-likeness (QED) is 0.581. The molecule has 0 saturated carbocycles. The molecule has 2 rings (SSSR count). The number of thiazole rings is 1. The van der Waals surface area contributed by atoms with Crippen molar-refractivity contribution < 1.29 is 9.53 Å². The lowest BCUT2D eigenvalue weighted by atomic mass is 10.2. The van der Waals surface area contributed by atoms with Crippen LogP contribution < -0.4 is 15.9 Å². The standard InChI is InChI=1S/C15H16Cl2N4O2S/c1-3-4-23-12-10(16)5-9(6-11(12)17)7-19-21-14(22)13-8(2)20-15(18)24-13/h5-7H,3-4H2,1-2H3,(H2,18,20)(H,21,22)/b19-7-. The fourth-order valence-electron chi connectivity index (χ4n) is 1.84. The number of carbonyl (C=O) groups is 1. The van der Waals surface area contributed by atoms with Gasteiger partial charge in [0.2, 0.25) is 0 Å². The lowest BCUT2D eigenvalue weighted by Gasteiger charge is -2.09. The Morgan fingerprint density at radius 2 is 2.12 bits per heavy atom. The molecule has 1 aromatic carbocycles. The number of hydrazone groups is 1. The molecule has 6 nitrogen and oxygen atoms in total. The van der Waals surface area contributed by atoms with Gasteiger partial charge in [-0.1, -0.05) is 41.5 Å². The molecule has 0 spiro atoms. The molecule has 128 valence electrons. The van der Waals surface area contributed by atoms with Crippen LogP contribution in [-0.2, 0) is 0 Å². The van der Waals surface area contributed by atoms with Crippen molar-refractivity contribution in [3.63, 3.8) is 0 Å². The van der Waals surface area contributed by atoms with Crippen LogP contribution in [-0.4, -0.2) is 23.7 Å². The first kappa shape index (κ1) is 18.5. The summed E-state index contributed by atoms with van der Waals surface area (Å²) in [4.78, 5) is 16.4. The summed E-state index contributed by atoms with van der Waals surface area (Å²) < 4.78 is 5.49. The second-order valence-corrected chi connectivity index (χ2v) is 6.67. The molecule has 1 amide bonds. The molecule has 0 fully saturated rings. The molecular weight excluding hydrogens is 371 g/mol. The molecule has 0 bridgehead atoms. The van der Waals surface area contributed by atoms with E-state index in [-0.39, 0.29) is 5.91 Å². The van der Waals surface area contributed by atoms with E-state index in [4.69, 9.17) is 33.7 Å². The first-order valence-electron chi connectivity index (χ1n) is 7.10. The number of halogens is 2. The van der Waals surface area contributed by atoms with Crippen molar-refractivity contribution in [2.75, 3.05) is 12.3 Å². The van der Waals surface area contributed by atoms with E-state index in [1.165, 1.54) is 6.21 Å². The lowest BCUT2D eigenvalue weighted by molar-refractivity contribution is 0.0958. The number of nitrogens with zero attached hydrogens (tertiary/aromatic N) is 2. The lowest BCUT2D eigenvalue weighted by Crippen LogP contribution is -2.17. The number of nitrogens with one attached hydrogen (secondary N) is 1. The van der Waals surface area contributed by atoms with Gasteiger partial charge in [-0.05, 0) is 31.0 Å². The highest BCUT2D eigenvalue weighted by molar-refractivity contribution is 7.17. The number of benzene rings is 1. The van der Waals surface area contributed by atoms with Crippen molar-refractivity contribution in [3.8, 4) is 5.75 Å². The molecule has 0 unspecified atom stereocenters. The molecule has 0 aliphatic rings. The van der Waals surface area contributed by atoms with Crippen molar-refractivity contribution >= 4 is 51.8 Å². The van der Waals surface area contributed by atoms with E-state index < -0.39 is 0 Å². The van der Waals surface area contributed by atoms with Crippen LogP contribution in [0.4, 0.5) is 5.13 Å². The maximum absolute atomic E-state index is 12.0. The van der Waals surface area contributed by atoms with Crippen molar-refractivity contribution in [2.45, 2.75) is 20.3 Å². The summed E-state index contributed by atoms with van der Waals surface area (Å²) in [7, 11) is 0. The summed E-state index contributed by atoms with van der Waals surface area (Å²) in [5.41, 5.74) is 9.18. The predicted molar refractivity (Wildman–Crippen MR) is 98.6 cm³/mol. The Morgan fingerprint density at radius 1 is 1.46 bits per heavy atom. The summed E-state index contributed by atoms with van der Waals surface area (Å²) in [6, 6.07) is 3.31. The van der Waals surface area contributed by atoms with Crippen molar-refractivity contribution in [1.29, 1.82) is 0 Å². The molecule has 0 radical (unpaired) electrons. The maximum atomic E-state index is 12.0. The van der Waals surface area contributed by atoms with Crippen LogP contribution in [0.1, 0.15) is 34.3 Å². The summed E-state index contributed by atoms with van der Waals surface area (Å²) >= 11 is 13.4. The monoisotopic (exact) mass is 386 g/mol. The largest absolute Gasteiger partial charge is 0.490 e. The van der Waals surface area contributed by atoms with Gasteiger partial charge in [-0.15, -0.1) is 0 Å². The fraction of sp³-hybridized carbons (Fsp3) is 0.267. The molecule has 2 aromatic rings. The Bertz CT molecular complexity index is 754. The van der Waals surface area contributed by atoms with E-state index in [0.717, 1.165) is 17.8 Å². The molecule has 1 aromatic heterocycles. The minimum absolute atomic E-state index is 0.336. The van der Waals surface area contributed by atoms with Gasteiger partial charge >= 0.3 is 0 Å². The van der Waals surface area contributed by atoms with Gasteiger partial charge in [-0.2, -0.15) is 5.10 Å². The van der Waals surface area contributed by atoms with Crippen LogP contribution in [0, 0.1) is 6.92 Å². The smallest absolute Gasteiger partial charge is 0.283 e. The molecule has 0 aliphatic heterocycles. The Labute approximate surface area is 153 Å². The molecule has 0 aliphatic carbocycles. The molecule has 9 heteroatoms. The average molecular weight is 387 g/mol. The third kappa shape index (κ3) is 4.59. The van der Waals surface area contributed by atoms with E-state index >= 15 is 0 Å².